The van der Waals surface area contributed by atoms with E-state index >= 15 is 0 Å². The number of anilines is 1. The highest BCUT2D eigenvalue weighted by atomic mass is 79.9. The van der Waals surface area contributed by atoms with Gasteiger partial charge < -0.3 is 9.88 Å². The number of aromatic nitrogens is 1. The Morgan fingerprint density at radius 3 is 2.88 bits per heavy atom. The number of carbonyl (C=O) groups excluding carboxylic acids is 1. The lowest BCUT2D eigenvalue weighted by atomic mass is 10.1. The largest absolute Gasteiger partial charge is 0.343 e. The summed E-state index contributed by atoms with van der Waals surface area (Å²) < 4.78 is 16.5. The third kappa shape index (κ3) is 2.57. The van der Waals surface area contributed by atoms with Gasteiger partial charge in [-0.25, -0.2) is 4.39 Å². The minimum atomic E-state index is -0.610. The molecule has 0 saturated carbocycles. The summed E-state index contributed by atoms with van der Waals surface area (Å²) in [4.78, 5) is 25.4. The monoisotopic (exact) mass is 400 g/mol. The van der Waals surface area contributed by atoms with Crippen molar-refractivity contribution in [2.75, 3.05) is 5.32 Å². The van der Waals surface area contributed by atoms with E-state index in [1.165, 1.54) is 12.1 Å². The van der Waals surface area contributed by atoms with Crippen molar-refractivity contribution in [3.63, 3.8) is 0 Å². The van der Waals surface area contributed by atoms with Crippen molar-refractivity contribution >= 4 is 38.4 Å². The molecule has 1 aliphatic heterocycles. The predicted octanol–water partition coefficient (Wildman–Crippen LogP) is 4.27. The summed E-state index contributed by atoms with van der Waals surface area (Å²) >= 11 is 3.17. The molecule has 1 N–H and O–H groups in total. The lowest BCUT2D eigenvalue weighted by molar-refractivity contribution is 0.102. The normalized spacial score (nSPS) is 15.6. The topological polar surface area (TPSA) is 51.1 Å². The van der Waals surface area contributed by atoms with Crippen LogP contribution in [0.25, 0.3) is 10.9 Å². The Bertz CT molecular complexity index is 1090. The number of benzene rings is 2. The number of nitrogens with zero attached hydrogens (tertiary/aromatic N) is 1. The molecule has 1 aliphatic rings. The fraction of sp³-hybridized carbons (Fsp3) is 0.158. The molecule has 0 fully saturated rings. The maximum atomic E-state index is 14.0. The SMILES string of the molecule is C[C@@H]1Cc2cccc3c(=O)c(C(=O)Nc4ccc(Br)cc4F)cn1c23. The average molecular weight is 401 g/mol. The molecule has 6 heteroatoms. The lowest BCUT2D eigenvalue weighted by Gasteiger charge is -2.13. The van der Waals surface area contributed by atoms with Crippen molar-refractivity contribution in [1.29, 1.82) is 0 Å². The number of pyridine rings is 1. The van der Waals surface area contributed by atoms with Gasteiger partial charge in [-0.15, -0.1) is 0 Å². The van der Waals surface area contributed by atoms with Crippen LogP contribution in [0.3, 0.4) is 0 Å². The van der Waals surface area contributed by atoms with E-state index in [0.29, 0.717) is 9.86 Å². The van der Waals surface area contributed by atoms with Crippen LogP contribution in [0.5, 0.6) is 0 Å². The molecule has 2 heterocycles. The molecular formula is C19H14BrFN2O2. The molecule has 4 nitrogen and oxygen atoms in total. The van der Waals surface area contributed by atoms with Crippen LogP contribution in [0.2, 0.25) is 0 Å². The second-order valence-corrected chi connectivity index (χ2v) is 7.14. The molecule has 1 aromatic heterocycles. The molecule has 4 rings (SSSR count). The molecule has 126 valence electrons. The number of rotatable bonds is 2. The van der Waals surface area contributed by atoms with Crippen molar-refractivity contribution in [3.8, 4) is 0 Å². The third-order valence-electron chi connectivity index (χ3n) is 4.55. The van der Waals surface area contributed by atoms with Gasteiger partial charge in [0.25, 0.3) is 5.91 Å². The zero-order valence-corrected chi connectivity index (χ0v) is 14.9. The minimum absolute atomic E-state index is 0.0146. The van der Waals surface area contributed by atoms with Gasteiger partial charge in [-0.3, -0.25) is 9.59 Å². The maximum Gasteiger partial charge on any atom is 0.261 e. The number of nitrogens with one attached hydrogen (secondary N) is 1. The number of para-hydroxylation sites is 1. The second-order valence-electron chi connectivity index (χ2n) is 6.22. The first kappa shape index (κ1) is 16.0. The molecule has 0 saturated heterocycles. The fourth-order valence-electron chi connectivity index (χ4n) is 3.36. The van der Waals surface area contributed by atoms with Crippen LogP contribution < -0.4 is 10.7 Å². The van der Waals surface area contributed by atoms with Crippen LogP contribution in [0.15, 0.2) is 51.9 Å². The van der Waals surface area contributed by atoms with Gasteiger partial charge >= 0.3 is 0 Å². The Morgan fingerprint density at radius 1 is 1.32 bits per heavy atom. The molecule has 0 bridgehead atoms. The van der Waals surface area contributed by atoms with Crippen LogP contribution in [-0.4, -0.2) is 10.5 Å². The fourth-order valence-corrected chi connectivity index (χ4v) is 3.69. The van der Waals surface area contributed by atoms with E-state index < -0.39 is 11.7 Å². The molecule has 0 aliphatic carbocycles. The summed E-state index contributed by atoms with van der Waals surface area (Å²) in [7, 11) is 0. The predicted molar refractivity (Wildman–Crippen MR) is 98.7 cm³/mol. The van der Waals surface area contributed by atoms with Crippen molar-refractivity contribution < 1.29 is 9.18 Å². The highest BCUT2D eigenvalue weighted by molar-refractivity contribution is 9.10. The average Bonchev–Trinajstić information content (AvgIpc) is 2.89. The number of halogens is 2. The van der Waals surface area contributed by atoms with E-state index in [2.05, 4.69) is 21.2 Å². The summed E-state index contributed by atoms with van der Waals surface area (Å²) in [6, 6.07) is 10.1. The first-order valence-electron chi connectivity index (χ1n) is 7.89. The van der Waals surface area contributed by atoms with Crippen molar-refractivity contribution in [2.45, 2.75) is 19.4 Å². The number of hydrogen-bond donors (Lipinski definition) is 1. The molecule has 0 unspecified atom stereocenters. The Labute approximate surface area is 151 Å². The van der Waals surface area contributed by atoms with E-state index in [1.807, 2.05) is 23.6 Å². The number of amides is 1. The van der Waals surface area contributed by atoms with Crippen LogP contribution in [0, 0.1) is 5.82 Å². The van der Waals surface area contributed by atoms with Crippen molar-refractivity contribution in [1.82, 2.24) is 4.57 Å². The first-order chi connectivity index (χ1) is 12.0. The molecule has 2 aromatic carbocycles. The van der Waals surface area contributed by atoms with E-state index in [1.54, 1.807) is 18.3 Å². The summed E-state index contributed by atoms with van der Waals surface area (Å²) in [6.07, 6.45) is 2.40. The van der Waals surface area contributed by atoms with E-state index in [0.717, 1.165) is 17.5 Å². The van der Waals surface area contributed by atoms with Gasteiger partial charge in [0.05, 0.1) is 11.2 Å². The molecule has 1 amide bonds. The lowest BCUT2D eigenvalue weighted by Crippen LogP contribution is -2.24. The van der Waals surface area contributed by atoms with Gasteiger partial charge in [-0.05, 0) is 43.2 Å². The summed E-state index contributed by atoms with van der Waals surface area (Å²) in [5.41, 5.74) is 1.70. The van der Waals surface area contributed by atoms with Crippen LogP contribution in [0.1, 0.15) is 28.9 Å². The van der Waals surface area contributed by atoms with Gasteiger partial charge in [0.2, 0.25) is 5.43 Å². The summed E-state index contributed by atoms with van der Waals surface area (Å²) in [5.74, 6) is -1.18. The van der Waals surface area contributed by atoms with Crippen LogP contribution in [0.4, 0.5) is 10.1 Å². The molecule has 3 aromatic rings. The molecular weight excluding hydrogens is 387 g/mol. The maximum absolute atomic E-state index is 14.0. The van der Waals surface area contributed by atoms with Crippen molar-refractivity contribution in [3.05, 3.63) is 74.2 Å². The smallest absolute Gasteiger partial charge is 0.261 e. The zero-order chi connectivity index (χ0) is 17.7. The van der Waals surface area contributed by atoms with E-state index in [9.17, 15) is 14.0 Å². The van der Waals surface area contributed by atoms with Crippen LogP contribution in [-0.2, 0) is 6.42 Å². The van der Waals surface area contributed by atoms with Gasteiger partial charge in [0.15, 0.2) is 0 Å². The van der Waals surface area contributed by atoms with Gasteiger partial charge in [-0.2, -0.15) is 0 Å². The van der Waals surface area contributed by atoms with Crippen molar-refractivity contribution in [2.24, 2.45) is 0 Å². The third-order valence-corrected chi connectivity index (χ3v) is 5.04. The highest BCUT2D eigenvalue weighted by Crippen LogP contribution is 2.31. The molecule has 0 radical (unpaired) electrons. The highest BCUT2D eigenvalue weighted by Gasteiger charge is 2.24. The molecule has 1 atom stereocenters. The van der Waals surface area contributed by atoms with E-state index in [4.69, 9.17) is 0 Å². The Hall–Kier alpha value is -2.47. The summed E-state index contributed by atoms with van der Waals surface area (Å²) in [6.45, 7) is 2.04. The van der Waals surface area contributed by atoms with E-state index in [-0.39, 0.29) is 22.7 Å². The second kappa shape index (κ2) is 5.81. The molecule has 25 heavy (non-hydrogen) atoms. The Balaban J connectivity index is 1.81. The number of carbonyl (C=O) groups is 1. The standard InChI is InChI=1S/C19H14BrFN2O2/c1-10-7-11-3-2-4-13-17(11)23(10)9-14(18(13)24)19(25)22-16-6-5-12(20)8-15(16)21/h2-6,8-10H,7H2,1H3,(H,22,25)/t10-/m1/s1. The Kier molecular flexibility index (Phi) is 3.72. The first-order valence-corrected chi connectivity index (χ1v) is 8.68. The number of hydrogen-bond acceptors (Lipinski definition) is 2. The van der Waals surface area contributed by atoms with Gasteiger partial charge in [-0.1, -0.05) is 28.1 Å². The Morgan fingerprint density at radius 2 is 2.12 bits per heavy atom. The zero-order valence-electron chi connectivity index (χ0n) is 13.3. The summed E-state index contributed by atoms with van der Waals surface area (Å²) in [5, 5.41) is 3.01. The van der Waals surface area contributed by atoms with Crippen LogP contribution >= 0.6 is 15.9 Å². The van der Waals surface area contributed by atoms with Gasteiger partial charge in [0.1, 0.15) is 11.4 Å². The quantitative estimate of drug-likeness (QED) is 0.697. The van der Waals surface area contributed by atoms with Gasteiger partial charge in [0, 0.05) is 22.1 Å². The minimum Gasteiger partial charge on any atom is -0.343 e. The molecule has 0 spiro atoms.